The Kier molecular flexibility index (Phi) is 4.92. The summed E-state index contributed by atoms with van der Waals surface area (Å²) in [6.45, 7) is 8.32. The maximum absolute atomic E-state index is 12.9. The summed E-state index contributed by atoms with van der Waals surface area (Å²) in [5.41, 5.74) is 3.60. The number of hydrogen-bond donors (Lipinski definition) is 1. The van der Waals surface area contributed by atoms with Gasteiger partial charge in [-0.05, 0) is 72.4 Å². The first-order valence-electron chi connectivity index (χ1n) is 10.2. The molecule has 0 heterocycles. The highest BCUT2D eigenvalue weighted by Gasteiger charge is 2.37. The quantitative estimate of drug-likeness (QED) is 0.704. The number of anilines is 1. The molecule has 144 valence electrons. The van der Waals surface area contributed by atoms with Crippen LogP contribution in [0.3, 0.4) is 0 Å². The molecular weight excluding hydrogens is 346 g/mol. The highest BCUT2D eigenvalue weighted by molar-refractivity contribution is 6.05. The van der Waals surface area contributed by atoms with Crippen molar-refractivity contribution in [2.45, 2.75) is 39.5 Å². The summed E-state index contributed by atoms with van der Waals surface area (Å²) < 4.78 is 0. The summed E-state index contributed by atoms with van der Waals surface area (Å²) in [6, 6.07) is 14.0. The molecule has 1 saturated carbocycles. The standard InChI is InChI=1S/C25H27NO2/c1-15-8-9-19(13-23-17(3)24(27)14-22(15)23)16(2)25(28)26-21-11-10-18-6-4-5-7-20(18)12-21/h4-7,10-12,15,19,22H,2,8-9,13-14H2,1,3H3,(H,26,28)/t15?,19-,22?/m0/s1. The number of hydrogen-bond acceptors (Lipinski definition) is 2. The lowest BCUT2D eigenvalue weighted by Crippen LogP contribution is -2.20. The number of nitrogens with one attached hydrogen (secondary N) is 1. The van der Waals surface area contributed by atoms with Gasteiger partial charge in [0.1, 0.15) is 0 Å². The number of carbonyl (C=O) groups is 2. The van der Waals surface area contributed by atoms with E-state index in [4.69, 9.17) is 0 Å². The van der Waals surface area contributed by atoms with Crippen LogP contribution in [0.1, 0.15) is 39.5 Å². The lowest BCUT2D eigenvalue weighted by molar-refractivity contribution is -0.115. The van der Waals surface area contributed by atoms with Gasteiger partial charge in [0, 0.05) is 17.7 Å². The Bertz CT molecular complexity index is 1000. The number of rotatable bonds is 3. The third-order valence-corrected chi connectivity index (χ3v) is 6.67. The largest absolute Gasteiger partial charge is 0.322 e. The Morgan fingerprint density at radius 2 is 1.82 bits per heavy atom. The Balaban J connectivity index is 1.51. The zero-order chi connectivity index (χ0) is 19.8. The molecule has 3 nitrogen and oxygen atoms in total. The molecule has 0 saturated heterocycles. The van der Waals surface area contributed by atoms with Gasteiger partial charge in [0.2, 0.25) is 0 Å². The van der Waals surface area contributed by atoms with Crippen molar-refractivity contribution in [1.29, 1.82) is 0 Å². The summed E-state index contributed by atoms with van der Waals surface area (Å²) in [4.78, 5) is 25.1. The van der Waals surface area contributed by atoms with Gasteiger partial charge in [0.05, 0.1) is 0 Å². The highest BCUT2D eigenvalue weighted by Crippen LogP contribution is 2.45. The first-order chi connectivity index (χ1) is 13.4. The topological polar surface area (TPSA) is 46.2 Å². The van der Waals surface area contributed by atoms with E-state index >= 15 is 0 Å². The molecule has 0 aromatic heterocycles. The second-order valence-corrected chi connectivity index (χ2v) is 8.38. The van der Waals surface area contributed by atoms with Gasteiger partial charge in [0.25, 0.3) is 5.91 Å². The number of Topliss-reactive ketones (excluding diaryl/α,β-unsaturated/α-hetero) is 1. The Hall–Kier alpha value is -2.68. The summed E-state index contributed by atoms with van der Waals surface area (Å²) in [5.74, 6) is 1.10. The highest BCUT2D eigenvalue weighted by atomic mass is 16.1. The van der Waals surface area contributed by atoms with Gasteiger partial charge in [-0.1, -0.05) is 49.4 Å². The van der Waals surface area contributed by atoms with Crippen LogP contribution in [-0.4, -0.2) is 11.7 Å². The van der Waals surface area contributed by atoms with Crippen LogP contribution >= 0.6 is 0 Å². The summed E-state index contributed by atoms with van der Waals surface area (Å²) in [6.07, 6.45) is 3.41. The van der Waals surface area contributed by atoms with Crippen molar-refractivity contribution in [3.63, 3.8) is 0 Å². The van der Waals surface area contributed by atoms with E-state index in [0.29, 0.717) is 23.8 Å². The van der Waals surface area contributed by atoms with Crippen LogP contribution in [0.5, 0.6) is 0 Å². The van der Waals surface area contributed by atoms with Crippen molar-refractivity contribution in [2.75, 3.05) is 5.32 Å². The van der Waals surface area contributed by atoms with Crippen LogP contribution in [0.2, 0.25) is 0 Å². The fourth-order valence-electron chi connectivity index (χ4n) is 4.78. The molecule has 28 heavy (non-hydrogen) atoms. The second-order valence-electron chi connectivity index (χ2n) is 8.38. The molecule has 1 amide bonds. The average molecular weight is 373 g/mol. The number of ketones is 1. The Labute approximate surface area is 166 Å². The molecule has 0 aliphatic heterocycles. The van der Waals surface area contributed by atoms with Crippen molar-refractivity contribution in [3.8, 4) is 0 Å². The fraction of sp³-hybridized carbons (Fsp3) is 0.360. The number of carbonyl (C=O) groups excluding carboxylic acids is 2. The van der Waals surface area contributed by atoms with Gasteiger partial charge in [0.15, 0.2) is 5.78 Å². The van der Waals surface area contributed by atoms with Gasteiger partial charge in [-0.3, -0.25) is 9.59 Å². The molecule has 2 aromatic carbocycles. The lowest BCUT2D eigenvalue weighted by Gasteiger charge is -2.19. The molecule has 1 N–H and O–H groups in total. The first kappa shape index (κ1) is 18.7. The third-order valence-electron chi connectivity index (χ3n) is 6.67. The van der Waals surface area contributed by atoms with Crippen molar-refractivity contribution in [1.82, 2.24) is 0 Å². The smallest absolute Gasteiger partial charge is 0.251 e. The van der Waals surface area contributed by atoms with E-state index in [1.165, 1.54) is 5.57 Å². The van der Waals surface area contributed by atoms with E-state index in [2.05, 4.69) is 24.9 Å². The van der Waals surface area contributed by atoms with E-state index < -0.39 is 0 Å². The van der Waals surface area contributed by atoms with E-state index in [1.807, 2.05) is 43.3 Å². The van der Waals surface area contributed by atoms with Crippen LogP contribution < -0.4 is 5.32 Å². The first-order valence-corrected chi connectivity index (χ1v) is 10.2. The van der Waals surface area contributed by atoms with Gasteiger partial charge >= 0.3 is 0 Å². The molecule has 3 heteroatoms. The molecule has 1 fully saturated rings. The van der Waals surface area contributed by atoms with Crippen LogP contribution in [0.25, 0.3) is 10.8 Å². The van der Waals surface area contributed by atoms with E-state index in [1.54, 1.807) is 0 Å². The van der Waals surface area contributed by atoms with Gasteiger partial charge < -0.3 is 5.32 Å². The predicted molar refractivity (Wildman–Crippen MR) is 114 cm³/mol. The molecule has 2 unspecified atom stereocenters. The number of fused-ring (bicyclic) bond motifs is 2. The van der Waals surface area contributed by atoms with Crippen molar-refractivity contribution >= 4 is 28.2 Å². The van der Waals surface area contributed by atoms with E-state index in [9.17, 15) is 9.59 Å². The molecule has 0 bridgehead atoms. The van der Waals surface area contributed by atoms with Gasteiger partial charge in [-0.15, -0.1) is 0 Å². The second kappa shape index (κ2) is 7.38. The number of benzene rings is 2. The zero-order valence-corrected chi connectivity index (χ0v) is 16.6. The Morgan fingerprint density at radius 1 is 1.07 bits per heavy atom. The van der Waals surface area contributed by atoms with E-state index in [-0.39, 0.29) is 17.6 Å². The Morgan fingerprint density at radius 3 is 2.61 bits per heavy atom. The van der Waals surface area contributed by atoms with Crippen molar-refractivity contribution in [2.24, 2.45) is 17.8 Å². The van der Waals surface area contributed by atoms with Crippen LogP contribution in [-0.2, 0) is 9.59 Å². The van der Waals surface area contributed by atoms with Crippen molar-refractivity contribution in [3.05, 3.63) is 65.8 Å². The maximum atomic E-state index is 12.9. The monoisotopic (exact) mass is 373 g/mol. The molecule has 2 aliphatic rings. The number of allylic oxidation sites excluding steroid dienone is 2. The minimum absolute atomic E-state index is 0.101. The summed E-state index contributed by atoms with van der Waals surface area (Å²) in [7, 11) is 0. The van der Waals surface area contributed by atoms with E-state index in [0.717, 1.165) is 41.3 Å². The molecule has 4 rings (SSSR count). The van der Waals surface area contributed by atoms with Gasteiger partial charge in [-0.25, -0.2) is 0 Å². The molecule has 2 aromatic rings. The van der Waals surface area contributed by atoms with Crippen LogP contribution in [0.4, 0.5) is 5.69 Å². The lowest BCUT2D eigenvalue weighted by atomic mass is 9.86. The van der Waals surface area contributed by atoms with Crippen molar-refractivity contribution < 1.29 is 9.59 Å². The average Bonchev–Trinajstić information content (AvgIpc) is 2.87. The minimum atomic E-state index is -0.117. The summed E-state index contributed by atoms with van der Waals surface area (Å²) in [5, 5.41) is 5.27. The SMILES string of the molecule is C=C(C(=O)Nc1ccc2ccccc2c1)[C@H]1CCC(C)C2CC(=O)C(C)=C2C1. The third kappa shape index (κ3) is 3.42. The molecule has 2 aliphatic carbocycles. The van der Waals surface area contributed by atoms with Crippen LogP contribution in [0, 0.1) is 17.8 Å². The fourth-order valence-corrected chi connectivity index (χ4v) is 4.78. The molecule has 0 spiro atoms. The van der Waals surface area contributed by atoms with Gasteiger partial charge in [-0.2, -0.15) is 0 Å². The van der Waals surface area contributed by atoms with Crippen LogP contribution in [0.15, 0.2) is 65.8 Å². The normalized spacial score (nSPS) is 24.8. The molecular formula is C25H27NO2. The minimum Gasteiger partial charge on any atom is -0.322 e. The molecule has 3 atom stereocenters. The summed E-state index contributed by atoms with van der Waals surface area (Å²) >= 11 is 0. The maximum Gasteiger partial charge on any atom is 0.251 e. The molecule has 0 radical (unpaired) electrons. The predicted octanol–water partition coefficient (Wildman–Crippen LogP) is 5.68. The zero-order valence-electron chi connectivity index (χ0n) is 16.6. The number of amides is 1.